The first-order valence-corrected chi connectivity index (χ1v) is 4.80. The molecule has 0 bridgehead atoms. The predicted molar refractivity (Wildman–Crippen MR) is 54.4 cm³/mol. The minimum Gasteiger partial charge on any atom is -0.326 e. The van der Waals surface area contributed by atoms with Crippen molar-refractivity contribution in [2.45, 2.75) is 20.3 Å². The molecule has 0 unspecified atom stereocenters. The van der Waals surface area contributed by atoms with Crippen LogP contribution in [0.25, 0.3) is 0 Å². The van der Waals surface area contributed by atoms with Gasteiger partial charge in [0.1, 0.15) is 0 Å². The van der Waals surface area contributed by atoms with Crippen LogP contribution in [0.5, 0.6) is 0 Å². The summed E-state index contributed by atoms with van der Waals surface area (Å²) in [6, 6.07) is 3.29. The number of anilines is 1. The van der Waals surface area contributed by atoms with Crippen LogP contribution in [0.1, 0.15) is 20.3 Å². The third kappa shape index (κ3) is 3.01. The number of halogens is 2. The maximum atomic E-state index is 12.8. The fraction of sp³-hybridized carbons (Fsp3) is 0.364. The molecule has 2 nitrogen and oxygen atoms in total. The topological polar surface area (TPSA) is 29.1 Å². The number of carbonyl (C=O) groups is 1. The Morgan fingerprint density at radius 2 is 2.07 bits per heavy atom. The average Bonchev–Trinajstić information content (AvgIpc) is 2.22. The first-order chi connectivity index (χ1) is 7.04. The van der Waals surface area contributed by atoms with Crippen molar-refractivity contribution in [1.82, 2.24) is 0 Å². The molecule has 0 radical (unpaired) electrons. The van der Waals surface area contributed by atoms with Gasteiger partial charge in [-0.2, -0.15) is 0 Å². The van der Waals surface area contributed by atoms with E-state index in [1.165, 1.54) is 6.07 Å². The highest BCUT2D eigenvalue weighted by atomic mass is 19.2. The van der Waals surface area contributed by atoms with Crippen LogP contribution in [0.15, 0.2) is 18.2 Å². The standard InChI is InChI=1S/C11H13F2NO/c1-3-7(2)11(15)14-8-4-5-9(12)10(13)6-8/h4-7H,3H2,1-2H3,(H,14,15)/t7-/m0/s1. The van der Waals surface area contributed by atoms with Gasteiger partial charge in [0.15, 0.2) is 11.6 Å². The van der Waals surface area contributed by atoms with Crippen LogP contribution in [0, 0.1) is 17.6 Å². The lowest BCUT2D eigenvalue weighted by molar-refractivity contribution is -0.119. The van der Waals surface area contributed by atoms with Crippen LogP contribution in [0.3, 0.4) is 0 Å². The lowest BCUT2D eigenvalue weighted by Crippen LogP contribution is -2.19. The Balaban J connectivity index is 2.73. The normalized spacial score (nSPS) is 12.3. The largest absolute Gasteiger partial charge is 0.326 e. The molecule has 0 fully saturated rings. The summed E-state index contributed by atoms with van der Waals surface area (Å²) in [5.41, 5.74) is 0.277. The summed E-state index contributed by atoms with van der Waals surface area (Å²) in [5, 5.41) is 2.52. The van der Waals surface area contributed by atoms with Gasteiger partial charge in [-0.15, -0.1) is 0 Å². The molecule has 1 amide bonds. The minimum absolute atomic E-state index is 0.141. The van der Waals surface area contributed by atoms with E-state index >= 15 is 0 Å². The molecule has 1 rings (SSSR count). The van der Waals surface area contributed by atoms with Gasteiger partial charge < -0.3 is 5.32 Å². The molecule has 0 aromatic heterocycles. The second kappa shape index (κ2) is 4.87. The van der Waals surface area contributed by atoms with Gasteiger partial charge in [0, 0.05) is 17.7 Å². The lowest BCUT2D eigenvalue weighted by Gasteiger charge is -2.09. The lowest BCUT2D eigenvalue weighted by atomic mass is 10.1. The third-order valence-electron chi connectivity index (χ3n) is 2.25. The van der Waals surface area contributed by atoms with Gasteiger partial charge in [0.2, 0.25) is 5.91 Å². The Labute approximate surface area is 87.3 Å². The first-order valence-electron chi connectivity index (χ1n) is 4.80. The average molecular weight is 213 g/mol. The van der Waals surface area contributed by atoms with Crippen LogP contribution >= 0.6 is 0 Å². The van der Waals surface area contributed by atoms with Crippen molar-refractivity contribution in [2.75, 3.05) is 5.32 Å². The number of carbonyl (C=O) groups excluding carboxylic acids is 1. The Morgan fingerprint density at radius 3 is 2.60 bits per heavy atom. The summed E-state index contributed by atoms with van der Waals surface area (Å²) in [7, 11) is 0. The van der Waals surface area contributed by atoms with Crippen molar-refractivity contribution in [3.8, 4) is 0 Å². The molecule has 0 heterocycles. The number of benzene rings is 1. The highest BCUT2D eigenvalue weighted by molar-refractivity contribution is 5.92. The van der Waals surface area contributed by atoms with E-state index in [-0.39, 0.29) is 17.5 Å². The Kier molecular flexibility index (Phi) is 3.77. The monoisotopic (exact) mass is 213 g/mol. The number of amides is 1. The maximum absolute atomic E-state index is 12.8. The van der Waals surface area contributed by atoms with Crippen molar-refractivity contribution < 1.29 is 13.6 Å². The molecule has 82 valence electrons. The van der Waals surface area contributed by atoms with Gasteiger partial charge >= 0.3 is 0 Å². The molecule has 0 saturated carbocycles. The van der Waals surface area contributed by atoms with Gasteiger partial charge in [0.05, 0.1) is 0 Å². The molecule has 0 spiro atoms. The zero-order valence-electron chi connectivity index (χ0n) is 8.68. The molecule has 1 N–H and O–H groups in total. The van der Waals surface area contributed by atoms with Crippen molar-refractivity contribution in [3.05, 3.63) is 29.8 Å². The number of hydrogen-bond acceptors (Lipinski definition) is 1. The quantitative estimate of drug-likeness (QED) is 0.821. The molecular weight excluding hydrogens is 200 g/mol. The van der Waals surface area contributed by atoms with E-state index in [0.29, 0.717) is 6.42 Å². The van der Waals surface area contributed by atoms with Gasteiger partial charge in [-0.25, -0.2) is 8.78 Å². The van der Waals surface area contributed by atoms with E-state index in [2.05, 4.69) is 5.32 Å². The molecule has 1 aromatic carbocycles. The second-order valence-electron chi connectivity index (χ2n) is 3.43. The van der Waals surface area contributed by atoms with E-state index < -0.39 is 11.6 Å². The second-order valence-corrected chi connectivity index (χ2v) is 3.43. The van der Waals surface area contributed by atoms with Gasteiger partial charge in [-0.3, -0.25) is 4.79 Å². The fourth-order valence-electron chi connectivity index (χ4n) is 1.02. The van der Waals surface area contributed by atoms with Crippen molar-refractivity contribution in [3.63, 3.8) is 0 Å². The van der Waals surface area contributed by atoms with Crippen molar-refractivity contribution in [1.29, 1.82) is 0 Å². The smallest absolute Gasteiger partial charge is 0.227 e. The van der Waals surface area contributed by atoms with Crippen LogP contribution in [-0.4, -0.2) is 5.91 Å². The molecule has 0 aliphatic heterocycles. The first kappa shape index (κ1) is 11.6. The van der Waals surface area contributed by atoms with Crippen molar-refractivity contribution >= 4 is 11.6 Å². The summed E-state index contributed by atoms with van der Waals surface area (Å²) < 4.78 is 25.4. The van der Waals surface area contributed by atoms with E-state index in [9.17, 15) is 13.6 Å². The SMILES string of the molecule is CC[C@H](C)C(=O)Nc1ccc(F)c(F)c1. The number of hydrogen-bond donors (Lipinski definition) is 1. The molecule has 1 atom stereocenters. The maximum Gasteiger partial charge on any atom is 0.227 e. The van der Waals surface area contributed by atoms with E-state index in [1.54, 1.807) is 6.92 Å². The van der Waals surface area contributed by atoms with Crippen LogP contribution < -0.4 is 5.32 Å². The molecule has 0 aliphatic rings. The van der Waals surface area contributed by atoms with E-state index in [1.807, 2.05) is 6.92 Å². The highest BCUT2D eigenvalue weighted by Gasteiger charge is 2.11. The third-order valence-corrected chi connectivity index (χ3v) is 2.25. The van der Waals surface area contributed by atoms with E-state index in [4.69, 9.17) is 0 Å². The predicted octanol–water partition coefficient (Wildman–Crippen LogP) is 2.95. The van der Waals surface area contributed by atoms with Crippen LogP contribution in [0.2, 0.25) is 0 Å². The Hall–Kier alpha value is -1.45. The highest BCUT2D eigenvalue weighted by Crippen LogP contribution is 2.14. The Bertz CT molecular complexity index is 366. The molecule has 0 saturated heterocycles. The summed E-state index contributed by atoms with van der Waals surface area (Å²) in [6.45, 7) is 3.66. The molecule has 0 aliphatic carbocycles. The van der Waals surface area contributed by atoms with Crippen LogP contribution in [-0.2, 0) is 4.79 Å². The molecular formula is C11H13F2NO. The summed E-state index contributed by atoms with van der Waals surface area (Å²) in [6.07, 6.45) is 0.704. The summed E-state index contributed by atoms with van der Waals surface area (Å²) in [5.74, 6) is -2.21. The minimum atomic E-state index is -0.961. The summed E-state index contributed by atoms with van der Waals surface area (Å²) >= 11 is 0. The number of rotatable bonds is 3. The van der Waals surface area contributed by atoms with Crippen LogP contribution in [0.4, 0.5) is 14.5 Å². The fourth-order valence-corrected chi connectivity index (χ4v) is 1.02. The van der Waals surface area contributed by atoms with Crippen molar-refractivity contribution in [2.24, 2.45) is 5.92 Å². The molecule has 15 heavy (non-hydrogen) atoms. The van der Waals surface area contributed by atoms with Gasteiger partial charge in [0.25, 0.3) is 0 Å². The van der Waals surface area contributed by atoms with Gasteiger partial charge in [-0.1, -0.05) is 13.8 Å². The van der Waals surface area contributed by atoms with Gasteiger partial charge in [-0.05, 0) is 18.6 Å². The number of nitrogens with one attached hydrogen (secondary N) is 1. The summed E-state index contributed by atoms with van der Waals surface area (Å²) in [4.78, 5) is 11.4. The molecule has 1 aromatic rings. The Morgan fingerprint density at radius 1 is 1.40 bits per heavy atom. The van der Waals surface area contributed by atoms with E-state index in [0.717, 1.165) is 12.1 Å². The molecule has 4 heteroatoms. The zero-order chi connectivity index (χ0) is 11.4. The zero-order valence-corrected chi connectivity index (χ0v) is 8.68.